The quantitative estimate of drug-likeness (QED) is 0.512. The van der Waals surface area contributed by atoms with E-state index in [1.54, 1.807) is 4.90 Å². The fourth-order valence-electron chi connectivity index (χ4n) is 4.70. The lowest BCUT2D eigenvalue weighted by molar-refractivity contribution is -0.191. The highest BCUT2D eigenvalue weighted by Crippen LogP contribution is 2.30. The summed E-state index contributed by atoms with van der Waals surface area (Å²) < 4.78 is 10.9. The first kappa shape index (κ1) is 33.9. The van der Waals surface area contributed by atoms with E-state index in [-0.39, 0.29) is 37.0 Å². The van der Waals surface area contributed by atoms with Crippen molar-refractivity contribution in [3.05, 3.63) is 0 Å². The van der Waals surface area contributed by atoms with Gasteiger partial charge in [0.25, 0.3) is 0 Å². The molecule has 0 radical (unpaired) electrons. The smallest absolute Gasteiger partial charge is 0.410 e. The van der Waals surface area contributed by atoms with Crippen LogP contribution in [0.2, 0.25) is 0 Å². The molecular formula is C27H50N2O7. The molecule has 0 aromatic carbocycles. The lowest BCUT2D eigenvalue weighted by Crippen LogP contribution is -2.45. The molecule has 2 fully saturated rings. The van der Waals surface area contributed by atoms with Crippen molar-refractivity contribution in [1.82, 2.24) is 9.80 Å². The van der Waals surface area contributed by atoms with Crippen molar-refractivity contribution in [2.24, 2.45) is 0 Å². The summed E-state index contributed by atoms with van der Waals surface area (Å²) >= 11 is 0. The molecule has 1 N–H and O–H groups in total. The highest BCUT2D eigenvalue weighted by Gasteiger charge is 2.38. The van der Waals surface area contributed by atoms with E-state index in [2.05, 4.69) is 20.8 Å². The molecule has 9 nitrogen and oxygen atoms in total. The summed E-state index contributed by atoms with van der Waals surface area (Å²) in [6, 6.07) is 0.870. The van der Waals surface area contributed by atoms with Gasteiger partial charge in [-0.15, -0.1) is 0 Å². The van der Waals surface area contributed by atoms with E-state index in [1.807, 2.05) is 46.4 Å². The normalized spacial score (nSPS) is 23.6. The summed E-state index contributed by atoms with van der Waals surface area (Å²) in [5.74, 6) is 0. The molecule has 4 atom stereocenters. The van der Waals surface area contributed by atoms with E-state index >= 15 is 0 Å². The van der Waals surface area contributed by atoms with Gasteiger partial charge in [0.2, 0.25) is 0 Å². The maximum Gasteiger partial charge on any atom is 0.410 e. The van der Waals surface area contributed by atoms with E-state index in [1.165, 1.54) is 0 Å². The monoisotopic (exact) mass is 514 g/mol. The van der Waals surface area contributed by atoms with Crippen molar-refractivity contribution < 1.29 is 33.8 Å². The second-order valence-corrected chi connectivity index (χ2v) is 11.6. The third-order valence-corrected chi connectivity index (χ3v) is 6.07. The number of carbonyl (C=O) groups excluding carboxylic acids is 4. The van der Waals surface area contributed by atoms with Crippen LogP contribution in [0.3, 0.4) is 0 Å². The van der Waals surface area contributed by atoms with Gasteiger partial charge >= 0.3 is 18.3 Å². The molecule has 0 aromatic heterocycles. The molecule has 2 aliphatic rings. The number of likely N-dealkylation sites (tertiary alicyclic amines) is 2. The number of nitrogens with zero attached hydrogens (tertiary/aromatic N) is 2. The van der Waals surface area contributed by atoms with Crippen molar-refractivity contribution in [3.8, 4) is 0 Å². The van der Waals surface area contributed by atoms with E-state index in [0.29, 0.717) is 12.1 Å². The van der Waals surface area contributed by atoms with Gasteiger partial charge in [-0.1, -0.05) is 26.7 Å². The number of aliphatic hydroxyl groups is 1. The second kappa shape index (κ2) is 15.9. The summed E-state index contributed by atoms with van der Waals surface area (Å²) in [7, 11) is 0. The van der Waals surface area contributed by atoms with Crippen LogP contribution >= 0.6 is 0 Å². The Balaban J connectivity index is 0.000000614. The Labute approximate surface area is 217 Å². The largest absolute Gasteiger partial charge is 0.444 e. The Morgan fingerprint density at radius 3 is 1.53 bits per heavy atom. The van der Waals surface area contributed by atoms with Crippen LogP contribution in [-0.4, -0.2) is 75.2 Å². The van der Waals surface area contributed by atoms with E-state index < -0.39 is 11.2 Å². The zero-order valence-electron chi connectivity index (χ0n) is 24.0. The predicted molar refractivity (Wildman–Crippen MR) is 137 cm³/mol. The van der Waals surface area contributed by atoms with Crippen LogP contribution in [0.4, 0.5) is 9.59 Å². The van der Waals surface area contributed by atoms with Gasteiger partial charge in [0.1, 0.15) is 11.2 Å². The standard InChI is InChI=1S/C13H25NO3.C13H25NO2.CO2/c1-5-6-10-7-8-11(9-15)14(10)12(16)17-13(2,3)4;1-6-7-11-9-8-10(2)14(11)12(15)16-13(3,4)5;2-1-3/h10-11,15H,5-9H2,1-4H3;10-11H,6-9H2,1-5H3;/t10-,11-;10-,11+;/m10./s1. The van der Waals surface area contributed by atoms with Gasteiger partial charge in [-0.05, 0) is 87.0 Å². The van der Waals surface area contributed by atoms with Crippen molar-refractivity contribution in [2.45, 2.75) is 149 Å². The van der Waals surface area contributed by atoms with Crippen LogP contribution in [0, 0.1) is 0 Å². The summed E-state index contributed by atoms with van der Waals surface area (Å²) in [6.07, 6.45) is 8.12. The third kappa shape index (κ3) is 12.2. The lowest BCUT2D eigenvalue weighted by atomic mass is 10.1. The molecular weight excluding hydrogens is 464 g/mol. The minimum Gasteiger partial charge on any atom is -0.444 e. The van der Waals surface area contributed by atoms with Gasteiger partial charge < -0.3 is 19.5 Å². The van der Waals surface area contributed by atoms with Gasteiger partial charge in [-0.2, -0.15) is 9.59 Å². The molecule has 2 aliphatic heterocycles. The van der Waals surface area contributed by atoms with Crippen LogP contribution in [-0.2, 0) is 19.1 Å². The van der Waals surface area contributed by atoms with Crippen LogP contribution < -0.4 is 0 Å². The average molecular weight is 515 g/mol. The Morgan fingerprint density at radius 1 is 0.778 bits per heavy atom. The molecule has 2 rings (SSSR count). The maximum absolute atomic E-state index is 12.1. The SMILES string of the molecule is CCC[C@@H]1CC[C@H](C)N1C(=O)OC(C)(C)C.CCC[C@@H]1CC[C@H](CO)N1C(=O)OC(C)(C)C.O=C=O. The summed E-state index contributed by atoms with van der Waals surface area (Å²) in [5, 5.41) is 9.32. The molecule has 0 aromatic rings. The molecule has 0 aliphatic carbocycles. The van der Waals surface area contributed by atoms with Crippen LogP contribution in [0.5, 0.6) is 0 Å². The van der Waals surface area contributed by atoms with Crippen molar-refractivity contribution in [1.29, 1.82) is 0 Å². The summed E-state index contributed by atoms with van der Waals surface area (Å²) in [6.45, 7) is 17.8. The van der Waals surface area contributed by atoms with Crippen molar-refractivity contribution in [2.75, 3.05) is 6.61 Å². The Hall–Kier alpha value is -2.12. The van der Waals surface area contributed by atoms with E-state index in [4.69, 9.17) is 19.1 Å². The number of rotatable bonds is 5. The van der Waals surface area contributed by atoms with Crippen LogP contribution in [0.15, 0.2) is 0 Å². The van der Waals surface area contributed by atoms with Crippen LogP contribution in [0.25, 0.3) is 0 Å². The maximum atomic E-state index is 12.1. The number of ether oxygens (including phenoxy) is 2. The van der Waals surface area contributed by atoms with Crippen molar-refractivity contribution in [3.63, 3.8) is 0 Å². The molecule has 0 spiro atoms. The highest BCUT2D eigenvalue weighted by molar-refractivity contribution is 5.70. The van der Waals surface area contributed by atoms with E-state index in [0.717, 1.165) is 51.4 Å². The third-order valence-electron chi connectivity index (χ3n) is 6.07. The fourth-order valence-corrected chi connectivity index (χ4v) is 4.70. The predicted octanol–water partition coefficient (Wildman–Crippen LogP) is 5.54. The molecule has 2 amide bonds. The summed E-state index contributed by atoms with van der Waals surface area (Å²) in [4.78, 5) is 44.1. The molecule has 2 saturated heterocycles. The number of amides is 2. The Kier molecular flexibility index (Phi) is 14.9. The number of hydrogen-bond acceptors (Lipinski definition) is 7. The molecule has 0 bridgehead atoms. The van der Waals surface area contributed by atoms with Gasteiger partial charge in [0.05, 0.1) is 12.6 Å². The van der Waals surface area contributed by atoms with Crippen molar-refractivity contribution >= 4 is 18.3 Å². The molecule has 210 valence electrons. The number of carbonyl (C=O) groups is 2. The molecule has 0 unspecified atom stereocenters. The molecule has 0 saturated carbocycles. The average Bonchev–Trinajstić information content (AvgIpc) is 3.30. The Morgan fingerprint density at radius 2 is 1.14 bits per heavy atom. The van der Waals surface area contributed by atoms with E-state index in [9.17, 15) is 14.7 Å². The van der Waals surface area contributed by atoms with Gasteiger partial charge in [-0.25, -0.2) is 9.59 Å². The minimum atomic E-state index is -0.476. The molecule has 9 heteroatoms. The Bertz CT molecular complexity index is 691. The molecule has 2 heterocycles. The minimum absolute atomic E-state index is 0.0272. The zero-order valence-corrected chi connectivity index (χ0v) is 24.0. The van der Waals surface area contributed by atoms with Gasteiger partial charge in [0, 0.05) is 18.1 Å². The first-order chi connectivity index (χ1) is 16.6. The number of aliphatic hydroxyl groups excluding tert-OH is 1. The van der Waals surface area contributed by atoms with Gasteiger partial charge in [-0.3, -0.25) is 4.90 Å². The van der Waals surface area contributed by atoms with Gasteiger partial charge in [0.15, 0.2) is 0 Å². The lowest BCUT2D eigenvalue weighted by Gasteiger charge is -2.32. The first-order valence-electron chi connectivity index (χ1n) is 13.3. The fraction of sp³-hybridized carbons (Fsp3) is 0.889. The summed E-state index contributed by atoms with van der Waals surface area (Å²) in [5.41, 5.74) is -0.868. The zero-order chi connectivity index (χ0) is 28.1. The van der Waals surface area contributed by atoms with Crippen LogP contribution in [0.1, 0.15) is 114 Å². The number of hydrogen-bond donors (Lipinski definition) is 1. The molecule has 36 heavy (non-hydrogen) atoms. The topological polar surface area (TPSA) is 113 Å². The second-order valence-electron chi connectivity index (χ2n) is 11.6. The first-order valence-corrected chi connectivity index (χ1v) is 13.3. The highest BCUT2D eigenvalue weighted by atomic mass is 16.6.